The van der Waals surface area contributed by atoms with Gasteiger partial charge in [0.05, 0.1) is 11.4 Å². The molecule has 0 aliphatic heterocycles. The first-order valence-electron chi connectivity index (χ1n) is 8.39. The molecule has 27 heavy (non-hydrogen) atoms. The summed E-state index contributed by atoms with van der Waals surface area (Å²) in [6.07, 6.45) is 0. The molecule has 0 saturated heterocycles. The highest BCUT2D eigenvalue weighted by atomic mass is 79.9. The zero-order valence-corrected chi connectivity index (χ0v) is 18.1. The van der Waals surface area contributed by atoms with Crippen LogP contribution in [0.15, 0.2) is 57.3 Å². The number of para-hydroxylation sites is 1. The lowest BCUT2D eigenvalue weighted by Gasteiger charge is -2.07. The smallest absolute Gasteiger partial charge is 0.234 e. The van der Waals surface area contributed by atoms with E-state index < -0.39 is 0 Å². The third-order valence-corrected chi connectivity index (χ3v) is 6.37. The molecule has 140 valence electrons. The predicted octanol–water partition coefficient (Wildman–Crippen LogP) is 5.90. The van der Waals surface area contributed by atoms with E-state index in [1.165, 1.54) is 28.7 Å². The molecule has 0 aliphatic carbocycles. The van der Waals surface area contributed by atoms with Crippen molar-refractivity contribution < 1.29 is 4.79 Å². The van der Waals surface area contributed by atoms with Gasteiger partial charge in [0.2, 0.25) is 11.0 Å². The van der Waals surface area contributed by atoms with Crippen molar-refractivity contribution in [3.8, 4) is 0 Å². The van der Waals surface area contributed by atoms with Gasteiger partial charge in [-0.25, -0.2) is 0 Å². The molecule has 1 amide bonds. The number of aromatic nitrogens is 2. The quantitative estimate of drug-likeness (QED) is 0.427. The van der Waals surface area contributed by atoms with Crippen LogP contribution >= 0.6 is 39.0 Å². The van der Waals surface area contributed by atoms with Crippen LogP contribution in [0.25, 0.3) is 0 Å². The zero-order valence-electron chi connectivity index (χ0n) is 14.9. The maximum atomic E-state index is 12.1. The van der Waals surface area contributed by atoms with Gasteiger partial charge in [0.1, 0.15) is 0 Å². The first-order chi connectivity index (χ1) is 13.0. The van der Waals surface area contributed by atoms with Crippen LogP contribution in [-0.2, 0) is 4.79 Å². The molecular formula is C19H19BrN4OS2. The van der Waals surface area contributed by atoms with Gasteiger partial charge >= 0.3 is 0 Å². The van der Waals surface area contributed by atoms with Crippen molar-refractivity contribution in [3.63, 3.8) is 0 Å². The van der Waals surface area contributed by atoms with Crippen LogP contribution in [0.5, 0.6) is 0 Å². The van der Waals surface area contributed by atoms with Crippen LogP contribution in [0, 0.1) is 0 Å². The minimum Gasteiger partial charge on any atom is -0.330 e. The second kappa shape index (κ2) is 9.34. The van der Waals surface area contributed by atoms with Crippen LogP contribution in [0.4, 0.5) is 16.5 Å². The van der Waals surface area contributed by atoms with E-state index >= 15 is 0 Å². The Balaban J connectivity index is 1.52. The fraction of sp³-hybridized carbons (Fsp3) is 0.211. The largest absolute Gasteiger partial charge is 0.330 e. The summed E-state index contributed by atoms with van der Waals surface area (Å²) in [6, 6.07) is 15.8. The van der Waals surface area contributed by atoms with E-state index in [1.807, 2.05) is 36.4 Å². The molecule has 2 N–H and O–H groups in total. The van der Waals surface area contributed by atoms with Gasteiger partial charge in [-0.05, 0) is 51.7 Å². The fourth-order valence-electron chi connectivity index (χ4n) is 2.27. The summed E-state index contributed by atoms with van der Waals surface area (Å²) in [7, 11) is 0. The molecule has 0 bridgehead atoms. The van der Waals surface area contributed by atoms with E-state index in [0.717, 1.165) is 20.2 Å². The SMILES string of the molecule is CC(C)c1ccc(Nc2nnc(SCC(=O)Nc3ccccc3Br)s2)cc1. The number of hydrogen-bond donors (Lipinski definition) is 2. The van der Waals surface area contributed by atoms with Crippen molar-refractivity contribution in [3.05, 3.63) is 58.6 Å². The Morgan fingerprint density at radius 2 is 1.89 bits per heavy atom. The molecule has 0 atom stereocenters. The summed E-state index contributed by atoms with van der Waals surface area (Å²) in [4.78, 5) is 12.1. The Labute approximate surface area is 175 Å². The van der Waals surface area contributed by atoms with Crippen molar-refractivity contribution in [2.75, 3.05) is 16.4 Å². The first-order valence-corrected chi connectivity index (χ1v) is 11.0. The number of halogens is 1. The van der Waals surface area contributed by atoms with Gasteiger partial charge in [-0.2, -0.15) is 0 Å². The molecule has 3 aromatic rings. The van der Waals surface area contributed by atoms with Gasteiger partial charge in [0.25, 0.3) is 0 Å². The minimum atomic E-state index is -0.0825. The molecule has 0 radical (unpaired) electrons. The van der Waals surface area contributed by atoms with E-state index in [9.17, 15) is 4.79 Å². The monoisotopic (exact) mass is 462 g/mol. The van der Waals surface area contributed by atoms with Crippen LogP contribution < -0.4 is 10.6 Å². The van der Waals surface area contributed by atoms with Crippen molar-refractivity contribution >= 4 is 61.4 Å². The lowest BCUT2D eigenvalue weighted by molar-refractivity contribution is -0.113. The zero-order chi connectivity index (χ0) is 19.2. The topological polar surface area (TPSA) is 66.9 Å². The minimum absolute atomic E-state index is 0.0825. The first kappa shape index (κ1) is 19.9. The highest BCUT2D eigenvalue weighted by Gasteiger charge is 2.10. The van der Waals surface area contributed by atoms with Crippen LogP contribution in [-0.4, -0.2) is 21.9 Å². The highest BCUT2D eigenvalue weighted by molar-refractivity contribution is 9.10. The van der Waals surface area contributed by atoms with Crippen LogP contribution in [0.2, 0.25) is 0 Å². The Morgan fingerprint density at radius 1 is 1.15 bits per heavy atom. The Bertz CT molecular complexity index is 912. The number of hydrogen-bond acceptors (Lipinski definition) is 6. The summed E-state index contributed by atoms with van der Waals surface area (Å²) in [5.74, 6) is 0.700. The standard InChI is InChI=1S/C19H19BrN4OS2/c1-12(2)13-7-9-14(10-8-13)21-18-23-24-19(27-18)26-11-17(25)22-16-6-4-3-5-15(16)20/h3-10,12H,11H2,1-2H3,(H,21,23)(H,22,25). The third kappa shape index (κ3) is 5.79. The second-order valence-corrected chi connectivity index (χ2v) is 9.15. The van der Waals surface area contributed by atoms with Gasteiger partial charge in [0.15, 0.2) is 4.34 Å². The number of nitrogens with zero attached hydrogens (tertiary/aromatic N) is 2. The summed E-state index contributed by atoms with van der Waals surface area (Å²) in [6.45, 7) is 4.34. The van der Waals surface area contributed by atoms with E-state index in [4.69, 9.17) is 0 Å². The Morgan fingerprint density at radius 3 is 2.59 bits per heavy atom. The summed E-state index contributed by atoms with van der Waals surface area (Å²) in [5, 5.41) is 15.1. The molecule has 8 heteroatoms. The molecule has 0 aliphatic rings. The Kier molecular flexibility index (Phi) is 6.87. The third-order valence-electron chi connectivity index (χ3n) is 3.71. The maximum absolute atomic E-state index is 12.1. The summed E-state index contributed by atoms with van der Waals surface area (Å²) >= 11 is 6.22. The second-order valence-electron chi connectivity index (χ2n) is 6.09. The number of nitrogens with one attached hydrogen (secondary N) is 2. The average molecular weight is 463 g/mol. The van der Waals surface area contributed by atoms with E-state index in [0.29, 0.717) is 11.0 Å². The molecule has 1 aromatic heterocycles. The molecule has 0 saturated carbocycles. The van der Waals surface area contributed by atoms with E-state index in [2.05, 4.69) is 62.7 Å². The molecule has 2 aromatic carbocycles. The molecule has 1 heterocycles. The number of thioether (sulfide) groups is 1. The number of benzene rings is 2. The number of rotatable bonds is 7. The molecule has 0 unspecified atom stereocenters. The summed E-state index contributed by atoms with van der Waals surface area (Å²) < 4.78 is 1.60. The maximum Gasteiger partial charge on any atom is 0.234 e. The Hall–Kier alpha value is -1.90. The normalized spacial score (nSPS) is 10.8. The van der Waals surface area contributed by atoms with Crippen molar-refractivity contribution in [1.29, 1.82) is 0 Å². The van der Waals surface area contributed by atoms with Crippen molar-refractivity contribution in [1.82, 2.24) is 10.2 Å². The van der Waals surface area contributed by atoms with Gasteiger partial charge in [-0.15, -0.1) is 10.2 Å². The van der Waals surface area contributed by atoms with Crippen molar-refractivity contribution in [2.24, 2.45) is 0 Å². The van der Waals surface area contributed by atoms with Gasteiger partial charge in [-0.3, -0.25) is 4.79 Å². The van der Waals surface area contributed by atoms with E-state index in [1.54, 1.807) is 0 Å². The number of amides is 1. The molecule has 0 spiro atoms. The number of carbonyl (C=O) groups is 1. The van der Waals surface area contributed by atoms with Gasteiger partial charge in [-0.1, -0.05) is 61.2 Å². The molecular weight excluding hydrogens is 444 g/mol. The molecule has 3 rings (SSSR count). The van der Waals surface area contributed by atoms with Crippen LogP contribution in [0.1, 0.15) is 25.3 Å². The number of anilines is 3. The summed E-state index contributed by atoms with van der Waals surface area (Å²) in [5.41, 5.74) is 3.02. The fourth-order valence-corrected chi connectivity index (χ4v) is 4.23. The lowest BCUT2D eigenvalue weighted by atomic mass is 10.0. The van der Waals surface area contributed by atoms with Crippen LogP contribution in [0.3, 0.4) is 0 Å². The molecule has 0 fully saturated rings. The van der Waals surface area contributed by atoms with Crippen molar-refractivity contribution in [2.45, 2.75) is 24.1 Å². The average Bonchev–Trinajstić information content (AvgIpc) is 3.10. The van der Waals surface area contributed by atoms with E-state index in [-0.39, 0.29) is 11.7 Å². The van der Waals surface area contributed by atoms with Gasteiger partial charge in [0, 0.05) is 10.2 Å². The lowest BCUT2D eigenvalue weighted by Crippen LogP contribution is -2.14. The highest BCUT2D eigenvalue weighted by Crippen LogP contribution is 2.28. The number of carbonyl (C=O) groups excluding carboxylic acids is 1. The van der Waals surface area contributed by atoms with Gasteiger partial charge < -0.3 is 10.6 Å². The predicted molar refractivity (Wildman–Crippen MR) is 117 cm³/mol. The molecule has 5 nitrogen and oxygen atoms in total.